The van der Waals surface area contributed by atoms with Crippen molar-refractivity contribution < 1.29 is 8.42 Å². The highest BCUT2D eigenvalue weighted by atomic mass is 32.2. The summed E-state index contributed by atoms with van der Waals surface area (Å²) in [4.78, 5) is 0. The third kappa shape index (κ3) is 2.81. The molecule has 0 radical (unpaired) electrons. The molecule has 0 saturated carbocycles. The van der Waals surface area contributed by atoms with Gasteiger partial charge in [-0.2, -0.15) is 0 Å². The number of hydrogen-bond donors (Lipinski definition) is 0. The fourth-order valence-corrected chi connectivity index (χ4v) is 4.92. The average Bonchev–Trinajstić information content (AvgIpc) is 2.56. The second-order valence-corrected chi connectivity index (χ2v) is 7.82. The summed E-state index contributed by atoms with van der Waals surface area (Å²) < 4.78 is 27.4. The Morgan fingerprint density at radius 2 is 1.68 bits per heavy atom. The van der Waals surface area contributed by atoms with Gasteiger partial charge in [0.15, 0.2) is 0 Å². The second-order valence-electron chi connectivity index (χ2n) is 5.77. The first kappa shape index (κ1) is 15.3. The molecule has 1 aliphatic heterocycles. The summed E-state index contributed by atoms with van der Waals surface area (Å²) >= 11 is 0. The van der Waals surface area contributed by atoms with Crippen LogP contribution in [0.3, 0.4) is 0 Å². The maximum absolute atomic E-state index is 12.9. The number of fused-ring (bicyclic) bond motifs is 1. The van der Waals surface area contributed by atoms with Crippen LogP contribution in [0.4, 0.5) is 0 Å². The van der Waals surface area contributed by atoms with Gasteiger partial charge in [0.05, 0.1) is 0 Å². The van der Waals surface area contributed by atoms with E-state index in [1.54, 1.807) is 10.4 Å². The van der Waals surface area contributed by atoms with Gasteiger partial charge in [-0.05, 0) is 35.2 Å². The minimum atomic E-state index is -3.38. The molecule has 0 N–H and O–H groups in total. The number of sulfonamides is 1. The molecular weight excluding hydrogens is 294 g/mol. The summed E-state index contributed by atoms with van der Waals surface area (Å²) in [7, 11) is -3.38. The van der Waals surface area contributed by atoms with Crippen molar-refractivity contribution in [3.8, 4) is 0 Å². The van der Waals surface area contributed by atoms with E-state index in [9.17, 15) is 8.42 Å². The molecule has 1 atom stereocenters. The molecule has 0 aromatic heterocycles. The van der Waals surface area contributed by atoms with Crippen molar-refractivity contribution in [1.82, 2.24) is 4.31 Å². The van der Waals surface area contributed by atoms with E-state index >= 15 is 0 Å². The van der Waals surface area contributed by atoms with E-state index in [2.05, 4.69) is 6.58 Å². The first-order valence-electron chi connectivity index (χ1n) is 7.73. The van der Waals surface area contributed by atoms with Crippen molar-refractivity contribution in [3.05, 3.63) is 60.7 Å². The summed E-state index contributed by atoms with van der Waals surface area (Å²) in [6.45, 7) is 5.02. The number of rotatable bonds is 4. The highest BCUT2D eigenvalue weighted by Crippen LogP contribution is 2.30. The molecule has 3 nitrogen and oxygen atoms in total. The predicted octanol–water partition coefficient (Wildman–Crippen LogP) is 3.88. The smallest absolute Gasteiger partial charge is 0.211 e. The van der Waals surface area contributed by atoms with Crippen molar-refractivity contribution in [2.24, 2.45) is 0 Å². The Morgan fingerprint density at radius 3 is 2.36 bits per heavy atom. The van der Waals surface area contributed by atoms with Crippen molar-refractivity contribution in [2.45, 2.75) is 24.5 Å². The van der Waals surface area contributed by atoms with E-state index in [1.165, 1.54) is 0 Å². The Morgan fingerprint density at radius 1 is 1.00 bits per heavy atom. The largest absolute Gasteiger partial charge is 0.224 e. The van der Waals surface area contributed by atoms with Crippen LogP contribution in [0.15, 0.2) is 55.1 Å². The highest BCUT2D eigenvalue weighted by molar-refractivity contribution is 7.89. The molecule has 1 fully saturated rings. The second kappa shape index (κ2) is 6.23. The van der Waals surface area contributed by atoms with Crippen LogP contribution in [-0.4, -0.2) is 25.8 Å². The lowest BCUT2D eigenvalue weighted by atomic mass is 10.1. The molecule has 0 spiro atoms. The van der Waals surface area contributed by atoms with E-state index < -0.39 is 15.3 Å². The zero-order valence-electron chi connectivity index (χ0n) is 12.6. The SMILES string of the molecule is C=CC(c1ccc2ccccc2c1)S(=O)(=O)N1CCCCC1. The van der Waals surface area contributed by atoms with Crippen LogP contribution in [0.2, 0.25) is 0 Å². The van der Waals surface area contributed by atoms with Gasteiger partial charge < -0.3 is 0 Å². The lowest BCUT2D eigenvalue weighted by Crippen LogP contribution is -2.38. The monoisotopic (exact) mass is 315 g/mol. The number of nitrogens with zero attached hydrogens (tertiary/aromatic N) is 1. The standard InChI is InChI=1S/C18H21NO2S/c1-2-18(22(20,21)19-12-6-3-7-13-19)17-11-10-15-8-4-5-9-16(15)14-17/h2,4-5,8-11,14,18H,1,3,6-7,12-13H2. The zero-order chi connectivity index (χ0) is 15.6. The van der Waals surface area contributed by atoms with Crippen molar-refractivity contribution in [1.29, 1.82) is 0 Å². The zero-order valence-corrected chi connectivity index (χ0v) is 13.4. The Hall–Kier alpha value is -1.65. The molecule has 1 saturated heterocycles. The topological polar surface area (TPSA) is 37.4 Å². The molecule has 22 heavy (non-hydrogen) atoms. The molecule has 0 bridgehead atoms. The average molecular weight is 315 g/mol. The van der Waals surface area contributed by atoms with Gasteiger partial charge in [0.25, 0.3) is 0 Å². The molecule has 2 aromatic rings. The van der Waals surface area contributed by atoms with E-state index in [4.69, 9.17) is 0 Å². The fourth-order valence-electron chi connectivity index (χ4n) is 3.09. The van der Waals surface area contributed by atoms with Gasteiger partial charge >= 0.3 is 0 Å². The maximum Gasteiger partial charge on any atom is 0.224 e. The maximum atomic E-state index is 12.9. The van der Waals surface area contributed by atoms with Crippen LogP contribution in [-0.2, 0) is 10.0 Å². The molecule has 1 aliphatic rings. The van der Waals surface area contributed by atoms with Gasteiger partial charge in [-0.1, -0.05) is 48.9 Å². The van der Waals surface area contributed by atoms with E-state index in [1.807, 2.05) is 42.5 Å². The molecule has 1 unspecified atom stereocenters. The Balaban J connectivity index is 1.99. The number of benzene rings is 2. The van der Waals surface area contributed by atoms with Gasteiger partial charge in [0.1, 0.15) is 5.25 Å². The quantitative estimate of drug-likeness (QED) is 0.803. The molecule has 0 aliphatic carbocycles. The summed E-state index contributed by atoms with van der Waals surface area (Å²) in [6, 6.07) is 13.8. The number of hydrogen-bond acceptors (Lipinski definition) is 2. The van der Waals surface area contributed by atoms with Gasteiger partial charge in [0, 0.05) is 13.1 Å². The summed E-state index contributed by atoms with van der Waals surface area (Å²) in [5, 5.41) is 1.50. The van der Waals surface area contributed by atoms with Gasteiger partial charge in [0.2, 0.25) is 10.0 Å². The lowest BCUT2D eigenvalue weighted by molar-refractivity contribution is 0.344. The van der Waals surface area contributed by atoms with Crippen LogP contribution in [0, 0.1) is 0 Å². The van der Waals surface area contributed by atoms with E-state index in [0.29, 0.717) is 13.1 Å². The molecule has 0 amide bonds. The first-order chi connectivity index (χ1) is 10.6. The van der Waals surface area contributed by atoms with Crippen molar-refractivity contribution in [3.63, 3.8) is 0 Å². The summed E-state index contributed by atoms with van der Waals surface area (Å²) in [5.74, 6) is 0. The minimum Gasteiger partial charge on any atom is -0.211 e. The predicted molar refractivity (Wildman–Crippen MR) is 91.2 cm³/mol. The van der Waals surface area contributed by atoms with Crippen LogP contribution >= 0.6 is 0 Å². The van der Waals surface area contributed by atoms with Crippen LogP contribution in [0.1, 0.15) is 30.1 Å². The molecule has 2 aromatic carbocycles. The molecular formula is C18H21NO2S. The molecule has 4 heteroatoms. The van der Waals surface area contributed by atoms with Gasteiger partial charge in [-0.15, -0.1) is 6.58 Å². The molecule has 3 rings (SSSR count). The Kier molecular flexibility index (Phi) is 4.32. The Labute approximate surface area is 132 Å². The molecule has 116 valence electrons. The summed E-state index contributed by atoms with van der Waals surface area (Å²) in [6.07, 6.45) is 4.55. The Bertz CT molecular complexity index is 777. The van der Waals surface area contributed by atoms with E-state index in [0.717, 1.165) is 35.6 Å². The minimum absolute atomic E-state index is 0.625. The highest BCUT2D eigenvalue weighted by Gasteiger charge is 2.32. The van der Waals surface area contributed by atoms with Crippen molar-refractivity contribution >= 4 is 20.8 Å². The van der Waals surface area contributed by atoms with Gasteiger partial charge in [-0.3, -0.25) is 0 Å². The van der Waals surface area contributed by atoms with E-state index in [-0.39, 0.29) is 0 Å². The first-order valence-corrected chi connectivity index (χ1v) is 9.23. The third-order valence-corrected chi connectivity index (χ3v) is 6.50. The summed E-state index contributed by atoms with van der Waals surface area (Å²) in [5.41, 5.74) is 0.791. The van der Waals surface area contributed by atoms with Crippen molar-refractivity contribution in [2.75, 3.05) is 13.1 Å². The third-order valence-electron chi connectivity index (χ3n) is 4.31. The van der Waals surface area contributed by atoms with Crippen LogP contribution in [0.25, 0.3) is 10.8 Å². The number of piperidine rings is 1. The fraction of sp³-hybridized carbons (Fsp3) is 0.333. The lowest BCUT2D eigenvalue weighted by Gasteiger charge is -2.29. The van der Waals surface area contributed by atoms with Crippen LogP contribution in [0.5, 0.6) is 0 Å². The normalized spacial score (nSPS) is 18.2. The van der Waals surface area contributed by atoms with Crippen LogP contribution < -0.4 is 0 Å². The van der Waals surface area contributed by atoms with Gasteiger partial charge in [-0.25, -0.2) is 12.7 Å². The molecule has 1 heterocycles.